The van der Waals surface area contributed by atoms with Crippen LogP contribution in [0.2, 0.25) is 0 Å². The molecule has 3 aromatic rings. The third-order valence-corrected chi connectivity index (χ3v) is 5.26. The SMILES string of the molecule is CCOc1cccc2c1O[C@H](c1cccnc1)N1N=C(c3ccccc3O)C[C@H]21. The zero-order valence-electron chi connectivity index (χ0n) is 16.0. The fraction of sp³-hybridized carbons (Fsp3) is 0.217. The van der Waals surface area contributed by atoms with E-state index in [2.05, 4.69) is 11.1 Å². The van der Waals surface area contributed by atoms with Gasteiger partial charge in [-0.1, -0.05) is 30.3 Å². The van der Waals surface area contributed by atoms with E-state index >= 15 is 0 Å². The first kappa shape index (κ1) is 17.6. The number of hydrazone groups is 1. The molecule has 0 saturated carbocycles. The van der Waals surface area contributed by atoms with Crippen LogP contribution in [0.5, 0.6) is 17.2 Å². The van der Waals surface area contributed by atoms with E-state index in [9.17, 15) is 5.11 Å². The predicted molar refractivity (Wildman–Crippen MR) is 109 cm³/mol. The van der Waals surface area contributed by atoms with Crippen molar-refractivity contribution in [2.45, 2.75) is 25.6 Å². The Hall–Kier alpha value is -3.54. The maximum atomic E-state index is 10.3. The first-order chi connectivity index (χ1) is 14.3. The van der Waals surface area contributed by atoms with Crippen LogP contribution in [0.1, 0.15) is 42.3 Å². The highest BCUT2D eigenvalue weighted by Crippen LogP contribution is 2.50. The highest BCUT2D eigenvalue weighted by atomic mass is 16.5. The van der Waals surface area contributed by atoms with Crippen LogP contribution >= 0.6 is 0 Å². The lowest BCUT2D eigenvalue weighted by Crippen LogP contribution is -2.34. The van der Waals surface area contributed by atoms with Crippen molar-refractivity contribution in [2.24, 2.45) is 5.10 Å². The molecule has 6 heteroatoms. The van der Waals surface area contributed by atoms with Crippen LogP contribution in [-0.4, -0.2) is 27.4 Å². The average Bonchev–Trinajstić information content (AvgIpc) is 3.20. The summed E-state index contributed by atoms with van der Waals surface area (Å²) in [4.78, 5) is 4.25. The van der Waals surface area contributed by atoms with E-state index in [0.29, 0.717) is 13.0 Å². The Morgan fingerprint density at radius 2 is 2.03 bits per heavy atom. The molecule has 29 heavy (non-hydrogen) atoms. The molecule has 0 radical (unpaired) electrons. The van der Waals surface area contributed by atoms with Gasteiger partial charge in [-0.15, -0.1) is 0 Å². The molecule has 5 rings (SSSR count). The number of nitrogens with zero attached hydrogens (tertiary/aromatic N) is 3. The molecule has 2 aliphatic heterocycles. The van der Waals surface area contributed by atoms with Crippen molar-refractivity contribution >= 4 is 5.71 Å². The Balaban J connectivity index is 1.63. The van der Waals surface area contributed by atoms with E-state index < -0.39 is 6.23 Å². The second kappa shape index (κ2) is 7.13. The largest absolute Gasteiger partial charge is 0.507 e. The molecular formula is C23H21N3O3. The Morgan fingerprint density at radius 3 is 2.83 bits per heavy atom. The number of phenols is 1. The van der Waals surface area contributed by atoms with Gasteiger partial charge in [0.15, 0.2) is 11.5 Å². The molecule has 6 nitrogen and oxygen atoms in total. The number of aromatic hydroxyl groups is 1. The molecule has 2 aliphatic rings. The smallest absolute Gasteiger partial charge is 0.215 e. The number of pyridine rings is 1. The van der Waals surface area contributed by atoms with Gasteiger partial charge >= 0.3 is 0 Å². The normalized spacial score (nSPS) is 19.8. The second-order valence-electron chi connectivity index (χ2n) is 7.03. The van der Waals surface area contributed by atoms with E-state index in [1.54, 1.807) is 18.5 Å². The number of benzene rings is 2. The van der Waals surface area contributed by atoms with Crippen LogP contribution in [0, 0.1) is 0 Å². The van der Waals surface area contributed by atoms with Gasteiger partial charge < -0.3 is 14.6 Å². The number of aromatic nitrogens is 1. The van der Waals surface area contributed by atoms with Crippen molar-refractivity contribution in [3.05, 3.63) is 83.7 Å². The van der Waals surface area contributed by atoms with Crippen molar-refractivity contribution in [3.63, 3.8) is 0 Å². The number of hydrogen-bond acceptors (Lipinski definition) is 6. The molecule has 146 valence electrons. The number of fused-ring (bicyclic) bond motifs is 3. The van der Waals surface area contributed by atoms with Crippen molar-refractivity contribution in [1.82, 2.24) is 9.99 Å². The molecule has 0 bridgehead atoms. The molecule has 0 amide bonds. The van der Waals surface area contributed by atoms with Gasteiger partial charge in [0.05, 0.1) is 18.4 Å². The summed E-state index contributed by atoms with van der Waals surface area (Å²) in [6, 6.07) is 17.1. The van der Waals surface area contributed by atoms with Crippen molar-refractivity contribution < 1.29 is 14.6 Å². The molecule has 0 saturated heterocycles. The Kier molecular flexibility index (Phi) is 4.31. The van der Waals surface area contributed by atoms with Crippen LogP contribution in [0.3, 0.4) is 0 Å². The Morgan fingerprint density at radius 1 is 1.14 bits per heavy atom. The fourth-order valence-electron chi connectivity index (χ4n) is 3.98. The van der Waals surface area contributed by atoms with Crippen LogP contribution in [0.15, 0.2) is 72.1 Å². The number of phenolic OH excluding ortho intramolecular Hbond substituents is 1. The molecule has 0 aliphatic carbocycles. The lowest BCUT2D eigenvalue weighted by Gasteiger charge is -2.38. The summed E-state index contributed by atoms with van der Waals surface area (Å²) in [5, 5.41) is 17.2. The zero-order chi connectivity index (χ0) is 19.8. The maximum absolute atomic E-state index is 10.3. The third kappa shape index (κ3) is 2.97. The molecule has 0 fully saturated rings. The number of ether oxygens (including phenoxy) is 2. The Bertz CT molecular complexity index is 1070. The van der Waals surface area contributed by atoms with Crippen LogP contribution in [-0.2, 0) is 0 Å². The van der Waals surface area contributed by atoms with E-state index in [-0.39, 0.29) is 11.8 Å². The lowest BCUT2D eigenvalue weighted by molar-refractivity contribution is -0.0214. The maximum Gasteiger partial charge on any atom is 0.215 e. The highest BCUT2D eigenvalue weighted by Gasteiger charge is 2.42. The number of hydrogen-bond donors (Lipinski definition) is 1. The van der Waals surface area contributed by atoms with Gasteiger partial charge in [0.1, 0.15) is 5.75 Å². The lowest BCUT2D eigenvalue weighted by atomic mass is 9.95. The Labute approximate surface area is 169 Å². The van der Waals surface area contributed by atoms with Crippen molar-refractivity contribution in [2.75, 3.05) is 6.61 Å². The molecular weight excluding hydrogens is 366 g/mol. The molecule has 1 aromatic heterocycles. The van der Waals surface area contributed by atoms with E-state index in [0.717, 1.165) is 33.9 Å². The van der Waals surface area contributed by atoms with E-state index in [1.165, 1.54) is 0 Å². The molecule has 2 atom stereocenters. The van der Waals surface area contributed by atoms with Gasteiger partial charge in [0, 0.05) is 35.5 Å². The van der Waals surface area contributed by atoms with Gasteiger partial charge in [-0.3, -0.25) is 4.98 Å². The molecule has 0 unspecified atom stereocenters. The summed E-state index contributed by atoms with van der Waals surface area (Å²) in [5.74, 6) is 1.71. The molecule has 2 aromatic carbocycles. The zero-order valence-corrected chi connectivity index (χ0v) is 16.0. The van der Waals surface area contributed by atoms with Crippen molar-refractivity contribution in [1.29, 1.82) is 0 Å². The summed E-state index contributed by atoms with van der Waals surface area (Å²) in [6.45, 7) is 2.52. The molecule has 1 N–H and O–H groups in total. The number of rotatable bonds is 4. The fourth-order valence-corrected chi connectivity index (χ4v) is 3.98. The quantitative estimate of drug-likeness (QED) is 0.717. The van der Waals surface area contributed by atoms with Crippen LogP contribution in [0.25, 0.3) is 0 Å². The minimum absolute atomic E-state index is 0.0148. The summed E-state index contributed by atoms with van der Waals surface area (Å²) in [7, 11) is 0. The first-order valence-electron chi connectivity index (χ1n) is 9.72. The first-order valence-corrected chi connectivity index (χ1v) is 9.72. The topological polar surface area (TPSA) is 67.2 Å². The minimum Gasteiger partial charge on any atom is -0.507 e. The van der Waals surface area contributed by atoms with E-state index in [4.69, 9.17) is 14.6 Å². The molecule has 3 heterocycles. The van der Waals surface area contributed by atoms with Gasteiger partial charge in [0.2, 0.25) is 6.23 Å². The summed E-state index contributed by atoms with van der Waals surface area (Å²) in [5.41, 5.74) is 3.52. The second-order valence-corrected chi connectivity index (χ2v) is 7.03. The summed E-state index contributed by atoms with van der Waals surface area (Å²) in [6.07, 6.45) is 3.78. The average molecular weight is 387 g/mol. The van der Waals surface area contributed by atoms with E-state index in [1.807, 2.05) is 54.4 Å². The van der Waals surface area contributed by atoms with Crippen molar-refractivity contribution in [3.8, 4) is 17.2 Å². The predicted octanol–water partition coefficient (Wildman–Crippen LogP) is 4.43. The van der Waals surface area contributed by atoms with Crippen LogP contribution in [0.4, 0.5) is 0 Å². The summed E-state index contributed by atoms with van der Waals surface area (Å²) >= 11 is 0. The molecule has 0 spiro atoms. The number of para-hydroxylation sites is 2. The standard InChI is InChI=1S/C23H21N3O3/c1-2-28-21-11-5-9-17-19-13-18(16-8-3-4-10-20(16)27)25-26(19)23(29-22(17)21)15-7-6-12-24-14-15/h3-12,14,19,23,27H,2,13H2,1H3/t19-,23-/m1/s1. The van der Waals surface area contributed by atoms with Gasteiger partial charge in [-0.05, 0) is 31.2 Å². The van der Waals surface area contributed by atoms with Gasteiger partial charge in [0.25, 0.3) is 0 Å². The van der Waals surface area contributed by atoms with Crippen LogP contribution < -0.4 is 9.47 Å². The highest BCUT2D eigenvalue weighted by molar-refractivity contribution is 6.04. The third-order valence-electron chi connectivity index (χ3n) is 5.26. The summed E-state index contributed by atoms with van der Waals surface area (Å²) < 4.78 is 12.3. The minimum atomic E-state index is -0.425. The monoisotopic (exact) mass is 387 g/mol. The van der Waals surface area contributed by atoms with Gasteiger partial charge in [-0.2, -0.15) is 5.10 Å². The van der Waals surface area contributed by atoms with Gasteiger partial charge in [-0.25, -0.2) is 5.01 Å².